The van der Waals surface area contributed by atoms with Crippen LogP contribution in [0.1, 0.15) is 44.1 Å². The summed E-state index contributed by atoms with van der Waals surface area (Å²) in [5, 5.41) is 6.89. The lowest BCUT2D eigenvalue weighted by molar-refractivity contribution is 0.312. The summed E-state index contributed by atoms with van der Waals surface area (Å²) in [7, 11) is 4.02. The Labute approximate surface area is 164 Å². The molecule has 0 aromatic carbocycles. The van der Waals surface area contributed by atoms with Gasteiger partial charge < -0.3 is 20.4 Å². The van der Waals surface area contributed by atoms with E-state index in [0.717, 1.165) is 57.0 Å². The maximum absolute atomic E-state index is 4.57. The molecule has 0 spiro atoms. The highest BCUT2D eigenvalue weighted by Crippen LogP contribution is 2.28. The first-order valence-corrected chi connectivity index (χ1v) is 10.6. The van der Waals surface area contributed by atoms with Crippen LogP contribution in [0.25, 0.3) is 0 Å². The summed E-state index contributed by atoms with van der Waals surface area (Å²) < 4.78 is 0. The molecule has 2 N–H and O–H groups in total. The first kappa shape index (κ1) is 19.9. The molecule has 3 rings (SSSR count). The largest absolute Gasteiger partial charge is 0.356 e. The molecular formula is C21H36N6. The highest BCUT2D eigenvalue weighted by molar-refractivity contribution is 5.79. The number of aromatic nitrogens is 1. The summed E-state index contributed by atoms with van der Waals surface area (Å²) in [5.74, 6) is 2.94. The zero-order chi connectivity index (χ0) is 18.9. The van der Waals surface area contributed by atoms with Gasteiger partial charge in [0.2, 0.25) is 0 Å². The molecule has 0 atom stereocenters. The van der Waals surface area contributed by atoms with E-state index in [1.165, 1.54) is 44.1 Å². The quantitative estimate of drug-likeness (QED) is 0.437. The van der Waals surface area contributed by atoms with Gasteiger partial charge in [0, 0.05) is 52.5 Å². The second kappa shape index (κ2) is 10.5. The summed E-state index contributed by atoms with van der Waals surface area (Å²) in [6.07, 6.45) is 10.2. The van der Waals surface area contributed by atoms with Gasteiger partial charge in [-0.1, -0.05) is 25.7 Å². The Bertz CT molecular complexity index is 588. The summed E-state index contributed by atoms with van der Waals surface area (Å²) in [5.41, 5.74) is 1.24. The molecule has 0 radical (unpaired) electrons. The van der Waals surface area contributed by atoms with Gasteiger partial charge in [-0.3, -0.25) is 4.99 Å². The molecular weight excluding hydrogens is 336 g/mol. The molecule has 6 heteroatoms. The molecule has 1 saturated carbocycles. The second-order valence-corrected chi connectivity index (χ2v) is 7.96. The average Bonchev–Trinajstić information content (AvgIpc) is 3.22. The average molecular weight is 373 g/mol. The Hall–Kier alpha value is -1.82. The molecule has 1 aromatic rings. The normalized spacial score (nSPS) is 19.5. The van der Waals surface area contributed by atoms with Gasteiger partial charge in [0.1, 0.15) is 5.82 Å². The molecule has 2 aliphatic rings. The SMILES string of the molecule is CN=C(NCCCC1CCCC1)NCc1ccnc(N2CCN(C)CC2)c1. The highest BCUT2D eigenvalue weighted by atomic mass is 15.3. The van der Waals surface area contributed by atoms with Crippen molar-refractivity contribution in [3.05, 3.63) is 23.9 Å². The molecule has 6 nitrogen and oxygen atoms in total. The van der Waals surface area contributed by atoms with Gasteiger partial charge >= 0.3 is 0 Å². The summed E-state index contributed by atoms with van der Waals surface area (Å²) in [6.45, 7) is 6.06. The molecule has 1 aliphatic heterocycles. The first-order valence-electron chi connectivity index (χ1n) is 10.6. The molecule has 0 unspecified atom stereocenters. The summed E-state index contributed by atoms with van der Waals surface area (Å²) >= 11 is 0. The van der Waals surface area contributed by atoms with E-state index in [4.69, 9.17) is 0 Å². The van der Waals surface area contributed by atoms with Gasteiger partial charge in [0.25, 0.3) is 0 Å². The van der Waals surface area contributed by atoms with Crippen molar-refractivity contribution in [3.8, 4) is 0 Å². The fourth-order valence-corrected chi connectivity index (χ4v) is 4.08. The van der Waals surface area contributed by atoms with E-state index in [-0.39, 0.29) is 0 Å². The third-order valence-electron chi connectivity index (χ3n) is 5.88. The molecule has 150 valence electrons. The molecule has 2 heterocycles. The predicted octanol–water partition coefficient (Wildman–Crippen LogP) is 2.47. The van der Waals surface area contributed by atoms with Crippen LogP contribution in [0.5, 0.6) is 0 Å². The third kappa shape index (κ3) is 6.38. The Morgan fingerprint density at radius 1 is 1.19 bits per heavy atom. The van der Waals surface area contributed by atoms with Crippen molar-refractivity contribution in [2.45, 2.75) is 45.1 Å². The molecule has 0 amide bonds. The maximum Gasteiger partial charge on any atom is 0.191 e. The van der Waals surface area contributed by atoms with Gasteiger partial charge in [-0.05, 0) is 43.5 Å². The number of pyridine rings is 1. The monoisotopic (exact) mass is 372 g/mol. The molecule has 2 fully saturated rings. The number of nitrogens with zero attached hydrogens (tertiary/aromatic N) is 4. The van der Waals surface area contributed by atoms with Crippen LogP contribution in [0.2, 0.25) is 0 Å². The lowest BCUT2D eigenvalue weighted by Crippen LogP contribution is -2.44. The van der Waals surface area contributed by atoms with Crippen LogP contribution < -0.4 is 15.5 Å². The van der Waals surface area contributed by atoms with Gasteiger partial charge in [0.05, 0.1) is 0 Å². The van der Waals surface area contributed by atoms with Crippen molar-refractivity contribution in [3.63, 3.8) is 0 Å². The fraction of sp³-hybridized carbons (Fsp3) is 0.714. The molecule has 27 heavy (non-hydrogen) atoms. The number of aliphatic imine (C=N–C) groups is 1. The van der Waals surface area contributed by atoms with Crippen LogP contribution in [0.4, 0.5) is 5.82 Å². The second-order valence-electron chi connectivity index (χ2n) is 7.96. The lowest BCUT2D eigenvalue weighted by Gasteiger charge is -2.33. The minimum absolute atomic E-state index is 0.769. The van der Waals surface area contributed by atoms with Crippen LogP contribution in [-0.2, 0) is 6.54 Å². The van der Waals surface area contributed by atoms with Crippen molar-refractivity contribution in [1.82, 2.24) is 20.5 Å². The Kier molecular flexibility index (Phi) is 7.75. The van der Waals surface area contributed by atoms with Crippen LogP contribution in [0, 0.1) is 5.92 Å². The van der Waals surface area contributed by atoms with Gasteiger partial charge in [-0.25, -0.2) is 4.98 Å². The molecule has 1 aliphatic carbocycles. The van der Waals surface area contributed by atoms with E-state index in [9.17, 15) is 0 Å². The Morgan fingerprint density at radius 2 is 1.96 bits per heavy atom. The number of guanidine groups is 1. The smallest absolute Gasteiger partial charge is 0.191 e. The number of hydrogen-bond donors (Lipinski definition) is 2. The van der Waals surface area contributed by atoms with E-state index in [1.807, 2.05) is 13.2 Å². The number of piperazine rings is 1. The molecule has 1 saturated heterocycles. The van der Waals surface area contributed by atoms with Crippen molar-refractivity contribution in [1.29, 1.82) is 0 Å². The van der Waals surface area contributed by atoms with Crippen molar-refractivity contribution in [2.75, 3.05) is 51.7 Å². The predicted molar refractivity (Wildman–Crippen MR) is 113 cm³/mol. The Morgan fingerprint density at radius 3 is 2.70 bits per heavy atom. The molecule has 0 bridgehead atoms. The van der Waals surface area contributed by atoms with Crippen molar-refractivity contribution < 1.29 is 0 Å². The van der Waals surface area contributed by atoms with Gasteiger partial charge in [-0.2, -0.15) is 0 Å². The number of nitrogens with one attached hydrogen (secondary N) is 2. The minimum atomic E-state index is 0.769. The lowest BCUT2D eigenvalue weighted by atomic mass is 10.0. The number of rotatable bonds is 7. The minimum Gasteiger partial charge on any atom is -0.356 e. The summed E-state index contributed by atoms with van der Waals surface area (Å²) in [4.78, 5) is 13.7. The molecule has 1 aromatic heterocycles. The van der Waals surface area contributed by atoms with Gasteiger partial charge in [0.15, 0.2) is 5.96 Å². The maximum atomic E-state index is 4.57. The Balaban J connectivity index is 1.40. The zero-order valence-electron chi connectivity index (χ0n) is 17.1. The summed E-state index contributed by atoms with van der Waals surface area (Å²) in [6, 6.07) is 4.28. The number of hydrogen-bond acceptors (Lipinski definition) is 4. The van der Waals surface area contributed by atoms with Gasteiger partial charge in [-0.15, -0.1) is 0 Å². The van der Waals surface area contributed by atoms with Crippen LogP contribution in [0.3, 0.4) is 0 Å². The number of anilines is 1. The van der Waals surface area contributed by atoms with Crippen LogP contribution >= 0.6 is 0 Å². The van der Waals surface area contributed by atoms with Crippen molar-refractivity contribution >= 4 is 11.8 Å². The standard InChI is InChI=1S/C21H36N6/c1-22-21(24-10-5-8-18-6-3-4-7-18)25-17-19-9-11-23-20(16-19)27-14-12-26(2)13-15-27/h9,11,16,18H,3-8,10,12-15,17H2,1-2H3,(H2,22,24,25). The van der Waals surface area contributed by atoms with E-state index >= 15 is 0 Å². The van der Waals surface area contributed by atoms with Crippen molar-refractivity contribution in [2.24, 2.45) is 10.9 Å². The van der Waals surface area contributed by atoms with E-state index in [2.05, 4.69) is 49.6 Å². The number of likely N-dealkylation sites (N-methyl/N-ethyl adjacent to an activating group) is 1. The van der Waals surface area contributed by atoms with Crippen LogP contribution in [-0.4, -0.2) is 62.7 Å². The topological polar surface area (TPSA) is 55.8 Å². The van der Waals surface area contributed by atoms with Crippen LogP contribution in [0.15, 0.2) is 23.3 Å². The fourth-order valence-electron chi connectivity index (χ4n) is 4.08. The first-order chi connectivity index (χ1) is 13.2. The zero-order valence-corrected chi connectivity index (χ0v) is 17.1. The van der Waals surface area contributed by atoms with E-state index in [1.54, 1.807) is 0 Å². The highest BCUT2D eigenvalue weighted by Gasteiger charge is 2.16. The third-order valence-corrected chi connectivity index (χ3v) is 5.88. The van der Waals surface area contributed by atoms with E-state index in [0.29, 0.717) is 0 Å². The van der Waals surface area contributed by atoms with E-state index < -0.39 is 0 Å².